The molecule has 3 aromatic rings. The molecule has 0 radical (unpaired) electrons. The SMILES string of the molecule is Cc1ccc(N(CC(=O)NCCOc2ccc(S(=O)(=O)N(C)C)cc2)S(=O)(=O)c2ccc(Cl)cc2)cc1C. The Kier molecular flexibility index (Phi) is 9.42. The largest absolute Gasteiger partial charge is 0.492 e. The number of hydrogen-bond donors (Lipinski definition) is 1. The lowest BCUT2D eigenvalue weighted by Gasteiger charge is -2.25. The van der Waals surface area contributed by atoms with E-state index in [4.69, 9.17) is 16.3 Å². The Hall–Kier alpha value is -3.12. The average molecular weight is 580 g/mol. The van der Waals surface area contributed by atoms with Gasteiger partial charge in [0.15, 0.2) is 0 Å². The lowest BCUT2D eigenvalue weighted by molar-refractivity contribution is -0.119. The molecule has 204 valence electrons. The van der Waals surface area contributed by atoms with Crippen molar-refractivity contribution in [3.05, 3.63) is 82.9 Å². The summed E-state index contributed by atoms with van der Waals surface area (Å²) in [6, 6.07) is 16.9. The number of nitrogens with one attached hydrogen (secondary N) is 1. The number of ether oxygens (including phenoxy) is 1. The van der Waals surface area contributed by atoms with Crippen molar-refractivity contribution in [3.8, 4) is 5.75 Å². The van der Waals surface area contributed by atoms with E-state index in [9.17, 15) is 21.6 Å². The van der Waals surface area contributed by atoms with Crippen molar-refractivity contribution < 1.29 is 26.4 Å². The fourth-order valence-corrected chi connectivity index (χ4v) is 5.83. The molecule has 0 aliphatic heterocycles. The third kappa shape index (κ3) is 7.04. The average Bonchev–Trinajstić information content (AvgIpc) is 2.87. The van der Waals surface area contributed by atoms with Crippen molar-refractivity contribution >= 4 is 43.2 Å². The van der Waals surface area contributed by atoms with Crippen molar-refractivity contribution in [1.82, 2.24) is 9.62 Å². The summed E-state index contributed by atoms with van der Waals surface area (Å²) in [5.41, 5.74) is 2.24. The molecule has 0 aromatic heterocycles. The first-order valence-corrected chi connectivity index (χ1v) is 14.9. The van der Waals surface area contributed by atoms with Crippen molar-refractivity contribution in [1.29, 1.82) is 0 Å². The second kappa shape index (κ2) is 12.2. The molecule has 3 aromatic carbocycles. The van der Waals surface area contributed by atoms with E-state index in [-0.39, 0.29) is 22.9 Å². The van der Waals surface area contributed by atoms with Crippen LogP contribution in [0.5, 0.6) is 5.75 Å². The maximum Gasteiger partial charge on any atom is 0.264 e. The van der Waals surface area contributed by atoms with Gasteiger partial charge in [0.25, 0.3) is 10.0 Å². The van der Waals surface area contributed by atoms with Crippen LogP contribution in [-0.2, 0) is 24.8 Å². The Morgan fingerprint density at radius 3 is 2.00 bits per heavy atom. The first kappa shape index (κ1) is 29.4. The van der Waals surface area contributed by atoms with Crippen LogP contribution in [0.3, 0.4) is 0 Å². The monoisotopic (exact) mass is 579 g/mol. The highest BCUT2D eigenvalue weighted by Gasteiger charge is 2.27. The number of nitrogens with zero attached hydrogens (tertiary/aromatic N) is 2. The summed E-state index contributed by atoms with van der Waals surface area (Å²) in [5, 5.41) is 3.07. The summed E-state index contributed by atoms with van der Waals surface area (Å²) in [7, 11) is -4.71. The van der Waals surface area contributed by atoms with Crippen LogP contribution >= 0.6 is 11.6 Å². The lowest BCUT2D eigenvalue weighted by Crippen LogP contribution is -2.42. The number of aryl methyl sites for hydroxylation is 2. The zero-order valence-corrected chi connectivity index (χ0v) is 23.9. The van der Waals surface area contributed by atoms with Crippen LogP contribution in [0.4, 0.5) is 5.69 Å². The normalized spacial score (nSPS) is 11.8. The third-order valence-electron chi connectivity index (χ3n) is 5.76. The predicted molar refractivity (Wildman–Crippen MR) is 148 cm³/mol. The topological polar surface area (TPSA) is 113 Å². The Bertz CT molecular complexity index is 1490. The molecule has 0 atom stereocenters. The third-order valence-corrected chi connectivity index (χ3v) is 9.63. The summed E-state index contributed by atoms with van der Waals surface area (Å²) < 4.78 is 59.0. The van der Waals surface area contributed by atoms with Gasteiger partial charge in [0.2, 0.25) is 15.9 Å². The maximum absolute atomic E-state index is 13.5. The molecule has 38 heavy (non-hydrogen) atoms. The summed E-state index contributed by atoms with van der Waals surface area (Å²) in [4.78, 5) is 12.9. The minimum absolute atomic E-state index is 0.0102. The van der Waals surface area contributed by atoms with Gasteiger partial charge in [-0.3, -0.25) is 9.10 Å². The molecule has 0 saturated heterocycles. The van der Waals surface area contributed by atoms with Gasteiger partial charge in [0.1, 0.15) is 18.9 Å². The Morgan fingerprint density at radius 2 is 1.42 bits per heavy atom. The zero-order valence-electron chi connectivity index (χ0n) is 21.5. The van der Waals surface area contributed by atoms with Crippen LogP contribution in [0.25, 0.3) is 0 Å². The highest BCUT2D eigenvalue weighted by Crippen LogP contribution is 2.26. The van der Waals surface area contributed by atoms with Gasteiger partial charge in [-0.25, -0.2) is 21.1 Å². The smallest absolute Gasteiger partial charge is 0.264 e. The lowest BCUT2D eigenvalue weighted by atomic mass is 10.1. The van der Waals surface area contributed by atoms with Crippen LogP contribution in [0, 0.1) is 13.8 Å². The van der Waals surface area contributed by atoms with Crippen molar-refractivity contribution in [3.63, 3.8) is 0 Å². The van der Waals surface area contributed by atoms with Crippen LogP contribution < -0.4 is 14.4 Å². The van der Waals surface area contributed by atoms with E-state index in [2.05, 4.69) is 5.32 Å². The number of anilines is 1. The van der Waals surface area contributed by atoms with E-state index in [1.54, 1.807) is 18.2 Å². The minimum Gasteiger partial charge on any atom is -0.492 e. The molecule has 0 aliphatic rings. The first-order chi connectivity index (χ1) is 17.8. The predicted octanol–water partition coefficient (Wildman–Crippen LogP) is 3.60. The number of sulfonamides is 2. The van der Waals surface area contributed by atoms with E-state index in [1.165, 1.54) is 62.6 Å². The van der Waals surface area contributed by atoms with Crippen LogP contribution in [0.2, 0.25) is 5.02 Å². The number of halogens is 1. The fourth-order valence-electron chi connectivity index (χ4n) is 3.39. The first-order valence-electron chi connectivity index (χ1n) is 11.6. The second-order valence-electron chi connectivity index (χ2n) is 8.69. The van der Waals surface area contributed by atoms with E-state index < -0.39 is 32.5 Å². The zero-order chi connectivity index (χ0) is 28.1. The fraction of sp³-hybridized carbons (Fsp3) is 0.269. The summed E-state index contributed by atoms with van der Waals surface area (Å²) >= 11 is 5.92. The van der Waals surface area contributed by atoms with Crippen molar-refractivity contribution in [2.24, 2.45) is 0 Å². The number of amides is 1. The van der Waals surface area contributed by atoms with Gasteiger partial charge >= 0.3 is 0 Å². The molecule has 9 nitrogen and oxygen atoms in total. The van der Waals surface area contributed by atoms with Gasteiger partial charge in [0, 0.05) is 19.1 Å². The van der Waals surface area contributed by atoms with Crippen LogP contribution in [0.15, 0.2) is 76.5 Å². The Balaban J connectivity index is 1.67. The summed E-state index contributed by atoms with van der Waals surface area (Å²) in [5.74, 6) is -0.0872. The molecule has 1 amide bonds. The number of carbonyl (C=O) groups is 1. The number of benzene rings is 3. The number of rotatable bonds is 11. The van der Waals surface area contributed by atoms with Gasteiger partial charge in [-0.05, 0) is 85.6 Å². The quantitative estimate of drug-likeness (QED) is 0.347. The number of hydrogen-bond acceptors (Lipinski definition) is 6. The molecule has 1 N–H and O–H groups in total. The van der Waals surface area contributed by atoms with Gasteiger partial charge < -0.3 is 10.1 Å². The molecular weight excluding hydrogens is 550 g/mol. The van der Waals surface area contributed by atoms with E-state index in [0.717, 1.165) is 19.7 Å². The van der Waals surface area contributed by atoms with Gasteiger partial charge in [-0.2, -0.15) is 0 Å². The Labute approximate surface area is 229 Å². The molecule has 3 rings (SSSR count). The van der Waals surface area contributed by atoms with Gasteiger partial charge in [-0.15, -0.1) is 0 Å². The molecule has 0 heterocycles. The van der Waals surface area contributed by atoms with Crippen molar-refractivity contribution in [2.45, 2.75) is 23.6 Å². The molecule has 0 fully saturated rings. The standard InChI is InChI=1S/C26H30ClN3O6S2/c1-19-5-8-22(17-20(19)2)30(38(34,35)25-11-6-21(27)7-12-25)18-26(31)28-15-16-36-23-9-13-24(14-10-23)37(32,33)29(3)4/h5-14,17H,15-16,18H2,1-4H3,(H,28,31). The minimum atomic E-state index is -4.06. The van der Waals surface area contributed by atoms with Crippen LogP contribution in [-0.4, -0.2) is 60.8 Å². The maximum atomic E-state index is 13.5. The highest BCUT2D eigenvalue weighted by atomic mass is 35.5. The number of carbonyl (C=O) groups excluding carboxylic acids is 1. The van der Waals surface area contributed by atoms with Crippen LogP contribution in [0.1, 0.15) is 11.1 Å². The summed E-state index contributed by atoms with van der Waals surface area (Å²) in [6.07, 6.45) is 0. The molecule has 0 unspecified atom stereocenters. The van der Waals surface area contributed by atoms with E-state index in [0.29, 0.717) is 16.5 Å². The summed E-state index contributed by atoms with van der Waals surface area (Å²) in [6.45, 7) is 3.55. The molecule has 0 bridgehead atoms. The van der Waals surface area contributed by atoms with Gasteiger partial charge in [-0.1, -0.05) is 17.7 Å². The van der Waals surface area contributed by atoms with Gasteiger partial charge in [0.05, 0.1) is 22.0 Å². The molecule has 0 aliphatic carbocycles. The second-order valence-corrected chi connectivity index (χ2v) is 13.1. The Morgan fingerprint density at radius 1 is 0.842 bits per heavy atom. The van der Waals surface area contributed by atoms with Crippen molar-refractivity contribution in [2.75, 3.05) is 38.1 Å². The molecule has 12 heteroatoms. The van der Waals surface area contributed by atoms with E-state index >= 15 is 0 Å². The molecule has 0 saturated carbocycles. The van der Waals surface area contributed by atoms with E-state index in [1.807, 2.05) is 13.8 Å². The molecular formula is C26H30ClN3O6S2. The highest BCUT2D eigenvalue weighted by molar-refractivity contribution is 7.92. The molecule has 0 spiro atoms.